The smallest absolute Gasteiger partial charge is 0.251 e. The second kappa shape index (κ2) is 11.5. The number of nitrogens with one attached hydrogen (secondary N) is 1. The van der Waals surface area contributed by atoms with Crippen LogP contribution >= 0.6 is 0 Å². The summed E-state index contributed by atoms with van der Waals surface area (Å²) in [4.78, 5) is 13.3. The van der Waals surface area contributed by atoms with Gasteiger partial charge < -0.3 is 16.2 Å². The van der Waals surface area contributed by atoms with Gasteiger partial charge in [0.1, 0.15) is 0 Å². The van der Waals surface area contributed by atoms with Gasteiger partial charge in [0.15, 0.2) is 0 Å². The molecule has 0 fully saturated rings. The summed E-state index contributed by atoms with van der Waals surface area (Å²) in [6.45, 7) is 2.05. The predicted molar refractivity (Wildman–Crippen MR) is 143 cm³/mol. The Hall–Kier alpha value is -3.89. The average molecular weight is 465 g/mol. The lowest BCUT2D eigenvalue weighted by Crippen LogP contribution is -2.44. The zero-order valence-corrected chi connectivity index (χ0v) is 20.0. The number of aryl methyl sites for hydroxylation is 1. The standard InChI is InChI=1S/C31H32N2O2/c1-22-6-5-9-24(18-22)19-28(21-34)30(20-23-7-3-2-4-8-23)33-31(35)27-12-10-25(11-13-27)26-14-16-29(32)17-15-26/h2-18,28,30,34H,19-21,32H2,1H3,(H,33,35). The number of aliphatic hydroxyl groups excluding tert-OH is 1. The van der Waals surface area contributed by atoms with Crippen molar-refractivity contribution in [3.63, 3.8) is 0 Å². The molecule has 2 atom stereocenters. The molecule has 4 N–H and O–H groups in total. The Morgan fingerprint density at radius 2 is 1.43 bits per heavy atom. The third kappa shape index (κ3) is 6.58. The number of hydrogen-bond acceptors (Lipinski definition) is 3. The summed E-state index contributed by atoms with van der Waals surface area (Å²) in [6, 6.07) is 33.4. The SMILES string of the molecule is Cc1cccc(CC(CO)C(Cc2ccccc2)NC(=O)c2ccc(-c3ccc(N)cc3)cc2)c1. The molecule has 0 saturated heterocycles. The van der Waals surface area contributed by atoms with Crippen molar-refractivity contribution in [1.82, 2.24) is 5.32 Å². The Morgan fingerprint density at radius 1 is 0.800 bits per heavy atom. The van der Waals surface area contributed by atoms with Crippen LogP contribution in [0.3, 0.4) is 0 Å². The molecule has 2 unspecified atom stereocenters. The molecule has 4 aromatic carbocycles. The van der Waals surface area contributed by atoms with E-state index in [0.29, 0.717) is 18.4 Å². The first-order valence-corrected chi connectivity index (χ1v) is 12.0. The highest BCUT2D eigenvalue weighted by atomic mass is 16.3. The fraction of sp³-hybridized carbons (Fsp3) is 0.194. The van der Waals surface area contributed by atoms with Gasteiger partial charge in [-0.1, -0.05) is 84.4 Å². The number of carbonyl (C=O) groups is 1. The minimum atomic E-state index is -0.216. The van der Waals surface area contributed by atoms with Crippen LogP contribution in [-0.4, -0.2) is 23.7 Å². The first-order chi connectivity index (χ1) is 17.0. The number of anilines is 1. The van der Waals surface area contributed by atoms with E-state index in [9.17, 15) is 9.90 Å². The fourth-order valence-corrected chi connectivity index (χ4v) is 4.42. The van der Waals surface area contributed by atoms with Gasteiger partial charge in [-0.2, -0.15) is 0 Å². The Morgan fingerprint density at radius 3 is 2.06 bits per heavy atom. The van der Waals surface area contributed by atoms with Crippen molar-refractivity contribution < 1.29 is 9.90 Å². The number of benzene rings is 4. The number of carbonyl (C=O) groups excluding carboxylic acids is 1. The van der Waals surface area contributed by atoms with E-state index in [1.54, 1.807) is 0 Å². The Bertz CT molecular complexity index is 1240. The number of hydrogen-bond donors (Lipinski definition) is 3. The highest BCUT2D eigenvalue weighted by molar-refractivity contribution is 5.95. The molecule has 1 amide bonds. The van der Waals surface area contributed by atoms with Gasteiger partial charge in [-0.3, -0.25) is 4.79 Å². The van der Waals surface area contributed by atoms with Crippen LogP contribution < -0.4 is 11.1 Å². The molecule has 4 aromatic rings. The summed E-state index contributed by atoms with van der Waals surface area (Å²) in [5.74, 6) is -0.257. The highest BCUT2D eigenvalue weighted by Crippen LogP contribution is 2.22. The summed E-state index contributed by atoms with van der Waals surface area (Å²) >= 11 is 0. The lowest BCUT2D eigenvalue weighted by atomic mass is 9.88. The van der Waals surface area contributed by atoms with Crippen LogP contribution in [0.2, 0.25) is 0 Å². The van der Waals surface area contributed by atoms with Crippen LogP contribution in [0.5, 0.6) is 0 Å². The topological polar surface area (TPSA) is 75.3 Å². The van der Waals surface area contributed by atoms with E-state index in [2.05, 4.69) is 42.6 Å². The minimum Gasteiger partial charge on any atom is -0.399 e. The quantitative estimate of drug-likeness (QED) is 0.289. The summed E-state index contributed by atoms with van der Waals surface area (Å²) in [6.07, 6.45) is 1.33. The second-order valence-corrected chi connectivity index (χ2v) is 9.10. The third-order valence-corrected chi connectivity index (χ3v) is 6.39. The van der Waals surface area contributed by atoms with Crippen LogP contribution in [0, 0.1) is 12.8 Å². The van der Waals surface area contributed by atoms with Gasteiger partial charge in [0.25, 0.3) is 5.91 Å². The molecular formula is C31H32N2O2. The number of aliphatic hydroxyl groups is 1. The van der Waals surface area contributed by atoms with E-state index in [1.165, 1.54) is 5.56 Å². The van der Waals surface area contributed by atoms with E-state index in [-0.39, 0.29) is 24.5 Å². The lowest BCUT2D eigenvalue weighted by Gasteiger charge is -2.27. The average Bonchev–Trinajstić information content (AvgIpc) is 2.88. The van der Waals surface area contributed by atoms with Crippen LogP contribution in [0.1, 0.15) is 27.0 Å². The molecule has 178 valence electrons. The molecule has 0 heterocycles. The normalized spacial score (nSPS) is 12.6. The molecular weight excluding hydrogens is 432 g/mol. The van der Waals surface area contributed by atoms with Crippen LogP contribution in [-0.2, 0) is 12.8 Å². The predicted octanol–water partition coefficient (Wildman–Crippen LogP) is 5.44. The second-order valence-electron chi connectivity index (χ2n) is 9.10. The van der Waals surface area contributed by atoms with Crippen molar-refractivity contribution in [1.29, 1.82) is 0 Å². The third-order valence-electron chi connectivity index (χ3n) is 6.39. The van der Waals surface area contributed by atoms with E-state index in [1.807, 2.05) is 72.8 Å². The van der Waals surface area contributed by atoms with Gasteiger partial charge in [0.2, 0.25) is 0 Å². The van der Waals surface area contributed by atoms with E-state index >= 15 is 0 Å². The van der Waals surface area contributed by atoms with Crippen molar-refractivity contribution >= 4 is 11.6 Å². The molecule has 0 aliphatic carbocycles. The van der Waals surface area contributed by atoms with Crippen LogP contribution in [0.15, 0.2) is 103 Å². The van der Waals surface area contributed by atoms with Crippen molar-refractivity contribution in [3.8, 4) is 11.1 Å². The monoisotopic (exact) mass is 464 g/mol. The molecule has 0 saturated carbocycles. The molecule has 4 nitrogen and oxygen atoms in total. The fourth-order valence-electron chi connectivity index (χ4n) is 4.42. The summed E-state index contributed by atoms with van der Waals surface area (Å²) in [7, 11) is 0. The zero-order chi connectivity index (χ0) is 24.6. The number of nitrogens with two attached hydrogens (primary N) is 1. The summed E-state index contributed by atoms with van der Waals surface area (Å²) < 4.78 is 0. The van der Waals surface area contributed by atoms with E-state index in [0.717, 1.165) is 27.9 Å². The van der Waals surface area contributed by atoms with Crippen LogP contribution in [0.25, 0.3) is 11.1 Å². The van der Waals surface area contributed by atoms with Gasteiger partial charge in [-0.15, -0.1) is 0 Å². The molecule has 0 radical (unpaired) electrons. The molecule has 4 rings (SSSR count). The summed E-state index contributed by atoms with van der Waals surface area (Å²) in [5, 5.41) is 13.5. The van der Waals surface area contributed by atoms with Gasteiger partial charge >= 0.3 is 0 Å². The van der Waals surface area contributed by atoms with Crippen molar-refractivity contribution in [2.24, 2.45) is 5.92 Å². The van der Waals surface area contributed by atoms with Crippen molar-refractivity contribution in [2.45, 2.75) is 25.8 Å². The lowest BCUT2D eigenvalue weighted by molar-refractivity contribution is 0.0903. The molecule has 0 aromatic heterocycles. The maximum Gasteiger partial charge on any atom is 0.251 e. The molecule has 0 bridgehead atoms. The van der Waals surface area contributed by atoms with Crippen molar-refractivity contribution in [3.05, 3.63) is 125 Å². The van der Waals surface area contributed by atoms with Gasteiger partial charge in [0.05, 0.1) is 0 Å². The van der Waals surface area contributed by atoms with Crippen molar-refractivity contribution in [2.75, 3.05) is 12.3 Å². The number of nitrogen functional groups attached to an aromatic ring is 1. The van der Waals surface area contributed by atoms with E-state index < -0.39 is 0 Å². The Kier molecular flexibility index (Phi) is 7.96. The minimum absolute atomic E-state index is 0.0121. The molecule has 4 heteroatoms. The molecule has 0 aliphatic rings. The Labute approximate surface area is 207 Å². The van der Waals surface area contributed by atoms with E-state index in [4.69, 9.17) is 5.73 Å². The maximum absolute atomic E-state index is 13.3. The molecule has 0 spiro atoms. The van der Waals surface area contributed by atoms with Crippen LogP contribution in [0.4, 0.5) is 5.69 Å². The maximum atomic E-state index is 13.3. The molecule has 0 aliphatic heterocycles. The zero-order valence-electron chi connectivity index (χ0n) is 20.0. The van der Waals surface area contributed by atoms with Gasteiger partial charge in [-0.25, -0.2) is 0 Å². The molecule has 35 heavy (non-hydrogen) atoms. The largest absolute Gasteiger partial charge is 0.399 e. The highest BCUT2D eigenvalue weighted by Gasteiger charge is 2.24. The van der Waals surface area contributed by atoms with Gasteiger partial charge in [0, 0.05) is 29.8 Å². The first kappa shape index (κ1) is 24.2. The first-order valence-electron chi connectivity index (χ1n) is 12.0. The summed E-state index contributed by atoms with van der Waals surface area (Å²) in [5.41, 5.74) is 12.6. The number of rotatable bonds is 9. The van der Waals surface area contributed by atoms with Gasteiger partial charge in [-0.05, 0) is 66.3 Å². The Balaban J connectivity index is 1.53. The number of amides is 1.